The highest BCUT2D eigenvalue weighted by Gasteiger charge is 1.96. The van der Waals surface area contributed by atoms with E-state index >= 15 is 0 Å². The zero-order valence-electron chi connectivity index (χ0n) is 5.42. The van der Waals surface area contributed by atoms with Crippen LogP contribution in [0.1, 0.15) is 6.42 Å². The summed E-state index contributed by atoms with van der Waals surface area (Å²) in [7, 11) is 0. The second-order valence-electron chi connectivity index (χ2n) is 2.28. The van der Waals surface area contributed by atoms with Crippen LogP contribution in [0.2, 0.25) is 0 Å². The van der Waals surface area contributed by atoms with Crippen LogP contribution in [-0.4, -0.2) is 10.1 Å². The highest BCUT2D eigenvalue weighted by atomic mass is 79.9. The van der Waals surface area contributed by atoms with Gasteiger partial charge in [0, 0.05) is 18.0 Å². The first-order chi connectivity index (χ1) is 4.88. The highest BCUT2D eigenvalue weighted by molar-refractivity contribution is 9.08. The van der Waals surface area contributed by atoms with Gasteiger partial charge in [-0.25, -0.2) is 0 Å². The van der Waals surface area contributed by atoms with Crippen molar-refractivity contribution in [2.75, 3.05) is 6.54 Å². The summed E-state index contributed by atoms with van der Waals surface area (Å²) in [5.74, 6) is 0. The summed E-state index contributed by atoms with van der Waals surface area (Å²) in [6.07, 6.45) is 5.25. The van der Waals surface area contributed by atoms with Gasteiger partial charge in [-0.1, -0.05) is 6.08 Å². The van der Waals surface area contributed by atoms with E-state index in [1.54, 1.807) is 0 Å². The molecule has 10 heavy (non-hydrogen) atoms. The molecule has 2 rings (SSSR count). The largest absolute Gasteiger partial charge is 0.268 e. The van der Waals surface area contributed by atoms with Gasteiger partial charge in [-0.2, -0.15) is 0 Å². The second-order valence-corrected chi connectivity index (χ2v) is 3.04. The van der Waals surface area contributed by atoms with E-state index in [4.69, 9.17) is 0 Å². The number of hydrogen-bond donors (Lipinski definition) is 0. The van der Waals surface area contributed by atoms with Crippen molar-refractivity contribution in [3.05, 3.63) is 23.0 Å². The van der Waals surface area contributed by atoms with E-state index in [1.807, 2.05) is 9.79 Å². The molecule has 0 spiro atoms. The Kier molecular flexibility index (Phi) is 1.38. The molecule has 0 N–H and O–H groups in total. The molecule has 2 heterocycles. The van der Waals surface area contributed by atoms with Crippen LogP contribution in [0.4, 0.5) is 0 Å². The lowest BCUT2D eigenvalue weighted by Crippen LogP contribution is -2.28. The summed E-state index contributed by atoms with van der Waals surface area (Å²) in [6.45, 7) is 0.919. The minimum atomic E-state index is 0.919. The summed E-state index contributed by atoms with van der Waals surface area (Å²) in [6, 6.07) is 2.06. The zero-order valence-corrected chi connectivity index (χ0v) is 7.00. The maximum atomic E-state index is 4.34. The summed E-state index contributed by atoms with van der Waals surface area (Å²) >= 11 is 3.35. The Morgan fingerprint density at radius 2 is 2.50 bits per heavy atom. The summed E-state index contributed by atoms with van der Waals surface area (Å²) in [4.78, 5) is 4.34. The Hall–Kier alpha value is -0.570. The minimum absolute atomic E-state index is 0.919. The van der Waals surface area contributed by atoms with Crippen LogP contribution in [0.5, 0.6) is 0 Å². The number of aromatic nitrogens is 1. The molecule has 1 aliphatic rings. The molecule has 0 atom stereocenters. The van der Waals surface area contributed by atoms with E-state index in [9.17, 15) is 0 Å². The van der Waals surface area contributed by atoms with E-state index in [0.717, 1.165) is 18.5 Å². The van der Waals surface area contributed by atoms with Crippen molar-refractivity contribution in [2.24, 2.45) is 4.99 Å². The van der Waals surface area contributed by atoms with Gasteiger partial charge in [0.2, 0.25) is 0 Å². The van der Waals surface area contributed by atoms with Gasteiger partial charge in [-0.3, -0.25) is 8.59 Å². The molecule has 1 aromatic heterocycles. The first kappa shape index (κ1) is 6.16. The molecule has 3 heteroatoms. The molecule has 0 saturated heterocycles. The minimum Gasteiger partial charge on any atom is -0.268 e. The molecular formula is C7H7BrN2. The SMILES string of the molecule is Brn1ccc2c1=NCCC=2. The standard InChI is InChI=1S/C7H7BrN2/c8-10-5-3-6-2-1-4-9-7(6)10/h2-3,5H,1,4H2. The number of halogens is 1. The molecule has 0 unspecified atom stereocenters. The molecule has 1 aliphatic heterocycles. The lowest BCUT2D eigenvalue weighted by molar-refractivity contribution is 0.925. The Bertz CT molecular complexity index is 350. The summed E-state index contributed by atoms with van der Waals surface area (Å²) in [5.41, 5.74) is 1.05. The molecule has 52 valence electrons. The van der Waals surface area contributed by atoms with Crippen LogP contribution in [0.15, 0.2) is 17.3 Å². The maximum Gasteiger partial charge on any atom is 0.144 e. The molecule has 0 radical (unpaired) electrons. The van der Waals surface area contributed by atoms with E-state index < -0.39 is 0 Å². The van der Waals surface area contributed by atoms with Crippen molar-refractivity contribution < 1.29 is 0 Å². The fourth-order valence-corrected chi connectivity index (χ4v) is 1.56. The average molecular weight is 199 g/mol. The van der Waals surface area contributed by atoms with E-state index in [2.05, 4.69) is 33.3 Å². The molecule has 0 saturated carbocycles. The molecular weight excluding hydrogens is 192 g/mol. The summed E-state index contributed by atoms with van der Waals surface area (Å²) in [5, 5.41) is 1.24. The van der Waals surface area contributed by atoms with Crippen molar-refractivity contribution in [3.8, 4) is 0 Å². The van der Waals surface area contributed by atoms with Gasteiger partial charge in [-0.15, -0.1) is 0 Å². The Morgan fingerprint density at radius 1 is 1.60 bits per heavy atom. The monoisotopic (exact) mass is 198 g/mol. The van der Waals surface area contributed by atoms with Crippen LogP contribution < -0.4 is 10.7 Å². The van der Waals surface area contributed by atoms with Gasteiger partial charge in [0.1, 0.15) is 5.49 Å². The number of fused-ring (bicyclic) bond motifs is 1. The smallest absolute Gasteiger partial charge is 0.144 e. The molecule has 0 fully saturated rings. The van der Waals surface area contributed by atoms with E-state index in [0.29, 0.717) is 0 Å². The molecule has 0 amide bonds. The predicted octanol–water partition coefficient (Wildman–Crippen LogP) is 0.450. The van der Waals surface area contributed by atoms with Crippen molar-refractivity contribution in [3.63, 3.8) is 0 Å². The van der Waals surface area contributed by atoms with E-state index in [-0.39, 0.29) is 0 Å². The quantitative estimate of drug-likeness (QED) is 0.577. The third kappa shape index (κ3) is 0.814. The van der Waals surface area contributed by atoms with Crippen molar-refractivity contribution in [2.45, 2.75) is 6.42 Å². The van der Waals surface area contributed by atoms with Gasteiger partial charge < -0.3 is 0 Å². The maximum absolute atomic E-state index is 4.34. The highest BCUT2D eigenvalue weighted by Crippen LogP contribution is 1.89. The van der Waals surface area contributed by atoms with Gasteiger partial charge in [0.25, 0.3) is 0 Å². The summed E-state index contributed by atoms with van der Waals surface area (Å²) < 4.78 is 1.87. The number of rotatable bonds is 0. The Morgan fingerprint density at radius 3 is 3.30 bits per heavy atom. The van der Waals surface area contributed by atoms with Gasteiger partial charge >= 0.3 is 0 Å². The fourth-order valence-electron chi connectivity index (χ4n) is 1.12. The predicted molar refractivity (Wildman–Crippen MR) is 43.5 cm³/mol. The normalized spacial score (nSPS) is 15.3. The zero-order chi connectivity index (χ0) is 6.97. The number of nitrogens with zero attached hydrogens (tertiary/aromatic N) is 2. The Labute approximate surface area is 67.2 Å². The molecule has 2 nitrogen and oxygen atoms in total. The third-order valence-electron chi connectivity index (χ3n) is 1.60. The molecule has 0 aromatic carbocycles. The molecule has 0 aliphatic carbocycles. The average Bonchev–Trinajstić information content (AvgIpc) is 2.34. The van der Waals surface area contributed by atoms with Crippen LogP contribution in [-0.2, 0) is 0 Å². The first-order valence-corrected chi connectivity index (χ1v) is 3.97. The van der Waals surface area contributed by atoms with Crippen molar-refractivity contribution in [1.29, 1.82) is 0 Å². The van der Waals surface area contributed by atoms with Crippen molar-refractivity contribution in [1.82, 2.24) is 3.59 Å². The molecule has 1 aromatic rings. The van der Waals surface area contributed by atoms with Crippen LogP contribution in [0.3, 0.4) is 0 Å². The fraction of sp³-hybridized carbons (Fsp3) is 0.286. The first-order valence-electron chi connectivity index (χ1n) is 3.26. The van der Waals surface area contributed by atoms with Gasteiger partial charge in [0.15, 0.2) is 0 Å². The van der Waals surface area contributed by atoms with Gasteiger partial charge in [0.05, 0.1) is 16.1 Å². The van der Waals surface area contributed by atoms with Crippen LogP contribution in [0, 0.1) is 0 Å². The number of hydrogen-bond acceptors (Lipinski definition) is 1. The van der Waals surface area contributed by atoms with Gasteiger partial charge in [-0.05, 0) is 12.5 Å². The Balaban J connectivity index is 2.89. The lowest BCUT2D eigenvalue weighted by Gasteiger charge is -1.94. The molecule has 0 bridgehead atoms. The van der Waals surface area contributed by atoms with Crippen LogP contribution in [0.25, 0.3) is 6.08 Å². The van der Waals surface area contributed by atoms with E-state index in [1.165, 1.54) is 5.22 Å². The second kappa shape index (κ2) is 2.23. The third-order valence-corrected chi connectivity index (χ3v) is 2.17. The van der Waals surface area contributed by atoms with Crippen LogP contribution >= 0.6 is 16.1 Å². The lowest BCUT2D eigenvalue weighted by atomic mass is 10.3. The topological polar surface area (TPSA) is 17.3 Å². The van der Waals surface area contributed by atoms with Crippen molar-refractivity contribution >= 4 is 22.2 Å².